The Morgan fingerprint density at radius 2 is 1.93 bits per heavy atom. The zero-order valence-corrected chi connectivity index (χ0v) is 15.7. The zero-order chi connectivity index (χ0) is 19.0. The molecule has 2 aromatic heterocycles. The maximum Gasteiger partial charge on any atom is 0.347 e. The van der Waals surface area contributed by atoms with Crippen molar-refractivity contribution in [1.29, 1.82) is 0 Å². The lowest BCUT2D eigenvalue weighted by molar-refractivity contribution is -0.152. The van der Waals surface area contributed by atoms with E-state index in [1.165, 1.54) is 35.0 Å². The molecule has 0 saturated carbocycles. The van der Waals surface area contributed by atoms with Gasteiger partial charge in [-0.05, 0) is 62.9 Å². The van der Waals surface area contributed by atoms with Gasteiger partial charge in [-0.25, -0.2) is 4.79 Å². The van der Waals surface area contributed by atoms with Crippen molar-refractivity contribution < 1.29 is 14.6 Å². The van der Waals surface area contributed by atoms with Crippen molar-refractivity contribution in [1.82, 2.24) is 9.55 Å². The fourth-order valence-corrected chi connectivity index (χ4v) is 3.88. The van der Waals surface area contributed by atoms with E-state index in [-0.39, 0.29) is 0 Å². The highest BCUT2D eigenvalue weighted by Gasteiger charge is 2.30. The van der Waals surface area contributed by atoms with Crippen molar-refractivity contribution in [2.75, 3.05) is 0 Å². The van der Waals surface area contributed by atoms with Gasteiger partial charge in [-0.15, -0.1) is 0 Å². The van der Waals surface area contributed by atoms with E-state index in [2.05, 4.69) is 27.8 Å². The molecule has 0 atom stereocenters. The Labute approximate surface area is 158 Å². The third-order valence-electron chi connectivity index (χ3n) is 5.30. The summed E-state index contributed by atoms with van der Waals surface area (Å²) in [6, 6.07) is 10.0. The molecule has 3 heterocycles. The number of fused-ring (bicyclic) bond motifs is 3. The Morgan fingerprint density at radius 1 is 1.15 bits per heavy atom. The first kappa shape index (κ1) is 17.6. The number of hydrogen-bond donors (Lipinski definition) is 1. The number of carbonyl (C=O) groups is 1. The van der Waals surface area contributed by atoms with Gasteiger partial charge in [0.1, 0.15) is 5.75 Å². The van der Waals surface area contributed by atoms with Crippen LogP contribution in [0.1, 0.15) is 38.8 Å². The molecule has 0 saturated heterocycles. The summed E-state index contributed by atoms with van der Waals surface area (Å²) >= 11 is 0. The van der Waals surface area contributed by atoms with E-state index >= 15 is 0 Å². The van der Waals surface area contributed by atoms with E-state index in [0.717, 1.165) is 24.9 Å². The van der Waals surface area contributed by atoms with Gasteiger partial charge >= 0.3 is 5.97 Å². The number of pyridine rings is 1. The van der Waals surface area contributed by atoms with Gasteiger partial charge in [-0.2, -0.15) is 0 Å². The van der Waals surface area contributed by atoms with Gasteiger partial charge in [0.05, 0.1) is 5.52 Å². The highest BCUT2D eigenvalue weighted by atomic mass is 16.5. The summed E-state index contributed by atoms with van der Waals surface area (Å²) in [6.45, 7) is 4.11. The minimum atomic E-state index is -1.27. The fourth-order valence-electron chi connectivity index (χ4n) is 3.88. The van der Waals surface area contributed by atoms with Gasteiger partial charge in [0.25, 0.3) is 0 Å². The molecule has 0 fully saturated rings. The van der Waals surface area contributed by atoms with Crippen LogP contribution in [0.2, 0.25) is 0 Å². The summed E-state index contributed by atoms with van der Waals surface area (Å²) in [5.41, 5.74) is 3.62. The van der Waals surface area contributed by atoms with Crippen LogP contribution in [-0.2, 0) is 17.8 Å². The maximum atomic E-state index is 11.4. The molecule has 0 spiro atoms. The third kappa shape index (κ3) is 3.18. The van der Waals surface area contributed by atoms with Gasteiger partial charge in [0.15, 0.2) is 5.60 Å². The summed E-state index contributed by atoms with van der Waals surface area (Å²) < 4.78 is 8.17. The van der Waals surface area contributed by atoms with Crippen molar-refractivity contribution in [3.63, 3.8) is 0 Å². The number of carboxylic acid groups (broad SMARTS) is 1. The second kappa shape index (κ2) is 6.72. The molecule has 27 heavy (non-hydrogen) atoms. The van der Waals surface area contributed by atoms with Crippen molar-refractivity contribution >= 4 is 16.9 Å². The quantitative estimate of drug-likeness (QED) is 0.730. The van der Waals surface area contributed by atoms with E-state index in [4.69, 9.17) is 4.74 Å². The van der Waals surface area contributed by atoms with Gasteiger partial charge in [0, 0.05) is 41.6 Å². The molecular formula is C22H24N2O3. The molecule has 0 aliphatic carbocycles. The number of rotatable bonds is 4. The smallest absolute Gasteiger partial charge is 0.347 e. The van der Waals surface area contributed by atoms with Crippen LogP contribution in [0.3, 0.4) is 0 Å². The Kier molecular flexibility index (Phi) is 4.38. The summed E-state index contributed by atoms with van der Waals surface area (Å²) in [5, 5.41) is 10.5. The number of aryl methyl sites for hydroxylation is 1. The van der Waals surface area contributed by atoms with E-state index in [1.807, 2.05) is 24.5 Å². The maximum absolute atomic E-state index is 11.4. The number of nitrogens with zero attached hydrogens (tertiary/aromatic N) is 2. The molecule has 4 rings (SSSR count). The predicted octanol–water partition coefficient (Wildman–Crippen LogP) is 4.67. The van der Waals surface area contributed by atoms with E-state index in [9.17, 15) is 9.90 Å². The molecule has 0 radical (unpaired) electrons. The Bertz CT molecular complexity index is 990. The molecule has 5 nitrogen and oxygen atoms in total. The molecule has 1 aromatic carbocycles. The van der Waals surface area contributed by atoms with E-state index in [1.54, 1.807) is 13.8 Å². The van der Waals surface area contributed by atoms with Crippen molar-refractivity contribution in [3.05, 3.63) is 48.4 Å². The summed E-state index contributed by atoms with van der Waals surface area (Å²) in [7, 11) is 0. The first-order valence-corrected chi connectivity index (χ1v) is 9.45. The van der Waals surface area contributed by atoms with Gasteiger partial charge in [-0.3, -0.25) is 4.98 Å². The Morgan fingerprint density at radius 3 is 2.67 bits per heavy atom. The number of ether oxygens (including phenoxy) is 1. The molecule has 1 N–H and O–H groups in total. The standard InChI is InChI=1S/C22H24N2O3/c1-22(2,21(25)26)27-16-7-8-17-19(14-16)24-13-5-3-4-6-18(24)20(17)15-9-11-23-12-10-15/h7-12,14H,3-6,13H2,1-2H3,(H,25,26). The van der Waals surface area contributed by atoms with E-state index < -0.39 is 11.6 Å². The van der Waals surface area contributed by atoms with Crippen LogP contribution in [0.15, 0.2) is 42.7 Å². The summed E-state index contributed by atoms with van der Waals surface area (Å²) in [5.74, 6) is -0.394. The molecule has 1 aliphatic rings. The average molecular weight is 364 g/mol. The number of aromatic nitrogens is 2. The van der Waals surface area contributed by atoms with Crippen LogP contribution in [0.4, 0.5) is 0 Å². The van der Waals surface area contributed by atoms with E-state index in [0.29, 0.717) is 5.75 Å². The number of aliphatic carboxylic acids is 1. The third-order valence-corrected chi connectivity index (χ3v) is 5.30. The van der Waals surface area contributed by atoms with Crippen molar-refractivity contribution in [2.24, 2.45) is 0 Å². The molecule has 0 amide bonds. The van der Waals surface area contributed by atoms with Crippen LogP contribution in [0.5, 0.6) is 5.75 Å². The molecule has 5 heteroatoms. The lowest BCUT2D eigenvalue weighted by atomic mass is 10.0. The Hall–Kier alpha value is -2.82. The summed E-state index contributed by atoms with van der Waals surface area (Å²) in [6.07, 6.45) is 8.26. The number of benzene rings is 1. The van der Waals surface area contributed by atoms with Gasteiger partial charge in [-0.1, -0.05) is 6.42 Å². The minimum Gasteiger partial charge on any atom is -0.478 e. The molecular weight excluding hydrogens is 340 g/mol. The van der Waals surface area contributed by atoms with Crippen molar-refractivity contribution in [3.8, 4) is 16.9 Å². The van der Waals surface area contributed by atoms with Crippen LogP contribution in [0, 0.1) is 0 Å². The van der Waals surface area contributed by atoms with Crippen LogP contribution in [-0.4, -0.2) is 26.2 Å². The van der Waals surface area contributed by atoms with Crippen LogP contribution in [0.25, 0.3) is 22.0 Å². The predicted molar refractivity (Wildman–Crippen MR) is 105 cm³/mol. The number of hydrogen-bond acceptors (Lipinski definition) is 3. The van der Waals surface area contributed by atoms with Crippen molar-refractivity contribution in [2.45, 2.75) is 51.7 Å². The SMILES string of the molecule is CC(C)(Oc1ccc2c(-c3ccncc3)c3n(c2c1)CCCCC3)C(=O)O. The first-order valence-electron chi connectivity index (χ1n) is 9.45. The topological polar surface area (TPSA) is 64.4 Å². The summed E-state index contributed by atoms with van der Waals surface area (Å²) in [4.78, 5) is 15.6. The normalized spacial score (nSPS) is 14.6. The molecule has 140 valence electrons. The minimum absolute atomic E-state index is 0.584. The number of carboxylic acids is 1. The molecule has 3 aromatic rings. The first-order chi connectivity index (χ1) is 13.0. The monoisotopic (exact) mass is 364 g/mol. The second-order valence-electron chi connectivity index (χ2n) is 7.62. The lowest BCUT2D eigenvalue weighted by Gasteiger charge is -2.21. The molecule has 1 aliphatic heterocycles. The van der Waals surface area contributed by atoms with Gasteiger partial charge in [0.2, 0.25) is 0 Å². The second-order valence-corrected chi connectivity index (χ2v) is 7.62. The molecule has 0 unspecified atom stereocenters. The highest BCUT2D eigenvalue weighted by molar-refractivity contribution is 5.99. The molecule has 0 bridgehead atoms. The zero-order valence-electron chi connectivity index (χ0n) is 15.7. The average Bonchev–Trinajstić information content (AvgIpc) is 2.79. The largest absolute Gasteiger partial charge is 0.478 e. The highest BCUT2D eigenvalue weighted by Crippen LogP contribution is 2.39. The lowest BCUT2D eigenvalue weighted by Crippen LogP contribution is -2.37. The fraction of sp³-hybridized carbons (Fsp3) is 0.364. The van der Waals surface area contributed by atoms with Crippen LogP contribution < -0.4 is 4.74 Å². The Balaban J connectivity index is 1.89. The van der Waals surface area contributed by atoms with Crippen LogP contribution >= 0.6 is 0 Å². The van der Waals surface area contributed by atoms with Gasteiger partial charge < -0.3 is 14.4 Å².